The third kappa shape index (κ3) is 10.0. The molecule has 26 rings (SSSR count). The fourth-order valence-electron chi connectivity index (χ4n) is 19.0. The molecule has 0 saturated heterocycles. The Labute approximate surface area is 678 Å². The van der Waals surface area contributed by atoms with Crippen molar-refractivity contribution in [3.8, 4) is 67.8 Å². The zero-order valence-corrected chi connectivity index (χ0v) is 64.2. The third-order valence-electron chi connectivity index (χ3n) is 24.2. The van der Waals surface area contributed by atoms with Crippen molar-refractivity contribution in [3.63, 3.8) is 0 Å². The monoisotopic (exact) mass is 1520 g/mol. The van der Waals surface area contributed by atoms with Gasteiger partial charge in [-0.05, 0) is 150 Å². The van der Waals surface area contributed by atoms with E-state index in [1.165, 1.54) is 118 Å². The van der Waals surface area contributed by atoms with Gasteiger partial charge in [-0.2, -0.15) is 0 Å². The maximum atomic E-state index is 6.19. The Kier molecular flexibility index (Phi) is 14.5. The topological polar surface area (TPSA) is 84.4 Å². The first kappa shape index (κ1) is 65.9. The van der Waals surface area contributed by atoms with E-state index in [1.807, 2.05) is 65.9 Å². The summed E-state index contributed by atoms with van der Waals surface area (Å²) in [5, 5.41) is 19.4. The minimum atomic E-state index is 0.836. The molecule has 0 amide bonds. The highest BCUT2D eigenvalue weighted by atomic mass is 32.1. The van der Waals surface area contributed by atoms with Crippen molar-refractivity contribution in [1.29, 1.82) is 0 Å². The number of furan rings is 1. The number of thiophene rings is 1. The molecular weight excluding hydrogens is 1460 g/mol. The summed E-state index contributed by atoms with van der Waals surface area (Å²) < 4.78 is 18.6. The van der Waals surface area contributed by atoms with Crippen LogP contribution in [0.2, 0.25) is 0 Å². The van der Waals surface area contributed by atoms with Gasteiger partial charge in [0.15, 0.2) is 0 Å². The molecule has 0 atom stereocenters. The SMILES string of the molecule is c1ccc2c(-n3c4ccccc4c4ccccc43)c3c4ccccc4n(-c4ccc(-c5nc6ccccc6nc5-c5ccc6oc7ccccc7c6c5)cc4)c3cc2c1.c1ccc2c(-n3c4ccccc4c4ccccc43)c3c4ccccc4n(-c4ccc(-c5nc6ccccc6nc5-c5ccc6sc7ccccc7c6c5)cc4)c3cc2c1. The number of rotatable bonds is 8. The van der Waals surface area contributed by atoms with E-state index in [2.05, 4.69) is 352 Å². The van der Waals surface area contributed by atoms with Gasteiger partial charge in [0.1, 0.15) is 11.2 Å². The number of aromatic nitrogens is 8. The van der Waals surface area contributed by atoms with Gasteiger partial charge in [0.05, 0.1) is 100 Å². The average Bonchev–Trinajstić information content (AvgIpc) is 1.55. The summed E-state index contributed by atoms with van der Waals surface area (Å²) in [6, 6.07) is 139. The lowest BCUT2D eigenvalue weighted by atomic mass is 10.0. The first-order chi connectivity index (χ1) is 58.5. The summed E-state index contributed by atoms with van der Waals surface area (Å²) in [5.41, 5.74) is 26.7. The molecule has 8 heterocycles. The summed E-state index contributed by atoms with van der Waals surface area (Å²) in [7, 11) is 0. The second kappa shape index (κ2) is 26.0. The van der Waals surface area contributed by atoms with E-state index in [-0.39, 0.29) is 0 Å². The van der Waals surface area contributed by atoms with Crippen LogP contribution >= 0.6 is 11.3 Å². The second-order valence-electron chi connectivity index (χ2n) is 30.7. The van der Waals surface area contributed by atoms with Crippen LogP contribution in [0.4, 0.5) is 0 Å². The molecule has 10 heteroatoms. The van der Waals surface area contributed by atoms with Gasteiger partial charge in [0.25, 0.3) is 0 Å². The lowest BCUT2D eigenvalue weighted by Crippen LogP contribution is -1.99. The molecule has 0 spiro atoms. The largest absolute Gasteiger partial charge is 0.456 e. The number of fused-ring (bicyclic) bond motifs is 22. The van der Waals surface area contributed by atoms with Crippen LogP contribution in [-0.4, -0.2) is 38.2 Å². The molecular formula is C108H64N8OS. The zero-order chi connectivity index (χ0) is 77.2. The first-order valence-corrected chi connectivity index (χ1v) is 40.8. The zero-order valence-electron chi connectivity index (χ0n) is 63.3. The standard InChI is InChI=1S/C54H32N4O.C54H32N4S/c2*1-2-14-37-34(13-1)32-48-51(54(37)58-45-21-9-3-15-38(45)39-16-4-10-22-46(39)58)41-18-5-11-23-47(41)57(48)36-28-25-33(26-29-36)52-53(56-44-20-8-7-19-43(44)55-52)35-27-30-50-42(31-35)40-17-6-12-24-49(40)59-50/h2*1-32H. The molecule has 0 N–H and O–H groups in total. The molecule has 0 radical (unpaired) electrons. The van der Waals surface area contributed by atoms with Crippen LogP contribution in [0.25, 0.3) is 241 Å². The molecule has 0 saturated carbocycles. The predicted octanol–water partition coefficient (Wildman–Crippen LogP) is 28.9. The Balaban J connectivity index is 0.000000131. The van der Waals surface area contributed by atoms with Crippen molar-refractivity contribution in [3.05, 3.63) is 388 Å². The van der Waals surface area contributed by atoms with E-state index in [9.17, 15) is 0 Å². The molecule has 548 valence electrons. The highest BCUT2D eigenvalue weighted by Crippen LogP contribution is 2.48. The number of benzene rings is 18. The second-order valence-corrected chi connectivity index (χ2v) is 31.7. The van der Waals surface area contributed by atoms with Crippen LogP contribution in [-0.2, 0) is 0 Å². The summed E-state index contributed by atoms with van der Waals surface area (Å²) >= 11 is 1.83. The molecule has 0 aliphatic heterocycles. The highest BCUT2D eigenvalue weighted by molar-refractivity contribution is 7.25. The van der Waals surface area contributed by atoms with Crippen LogP contribution in [0.3, 0.4) is 0 Å². The molecule has 0 aliphatic carbocycles. The molecule has 18 aromatic carbocycles. The maximum Gasteiger partial charge on any atom is 0.135 e. The summed E-state index contributed by atoms with van der Waals surface area (Å²) in [6.45, 7) is 0. The van der Waals surface area contributed by atoms with Crippen molar-refractivity contribution < 1.29 is 4.42 Å². The van der Waals surface area contributed by atoms with E-state index in [4.69, 9.17) is 24.4 Å². The quantitative estimate of drug-likeness (QED) is 0.151. The van der Waals surface area contributed by atoms with Gasteiger partial charge in [0.2, 0.25) is 0 Å². The van der Waals surface area contributed by atoms with Crippen molar-refractivity contribution in [2.24, 2.45) is 0 Å². The van der Waals surface area contributed by atoms with Gasteiger partial charge >= 0.3 is 0 Å². The van der Waals surface area contributed by atoms with Gasteiger partial charge < -0.3 is 22.7 Å². The van der Waals surface area contributed by atoms with E-state index in [1.54, 1.807) is 0 Å². The van der Waals surface area contributed by atoms with Gasteiger partial charge in [0, 0.05) is 118 Å². The Hall–Kier alpha value is -15.6. The van der Waals surface area contributed by atoms with Crippen molar-refractivity contribution in [2.45, 2.75) is 0 Å². The van der Waals surface area contributed by atoms with Crippen molar-refractivity contribution in [2.75, 3.05) is 0 Å². The van der Waals surface area contributed by atoms with Crippen LogP contribution < -0.4 is 0 Å². The summed E-state index contributed by atoms with van der Waals surface area (Å²) in [6.07, 6.45) is 0. The maximum absolute atomic E-state index is 6.19. The van der Waals surface area contributed by atoms with Crippen molar-refractivity contribution >= 4 is 184 Å². The molecule has 0 unspecified atom stereocenters. The first-order valence-electron chi connectivity index (χ1n) is 40.0. The fourth-order valence-corrected chi connectivity index (χ4v) is 20.1. The van der Waals surface area contributed by atoms with E-state index in [0.717, 1.165) is 122 Å². The molecule has 0 fully saturated rings. The molecule has 26 aromatic rings. The lowest BCUT2D eigenvalue weighted by molar-refractivity contribution is 0.669. The minimum absolute atomic E-state index is 0.836. The Morgan fingerprint density at radius 3 is 0.966 bits per heavy atom. The summed E-state index contributed by atoms with van der Waals surface area (Å²) in [4.78, 5) is 21.1. The van der Waals surface area contributed by atoms with Crippen LogP contribution in [0, 0.1) is 0 Å². The third-order valence-corrected chi connectivity index (χ3v) is 25.3. The molecule has 118 heavy (non-hydrogen) atoms. The van der Waals surface area contributed by atoms with Gasteiger partial charge in [-0.25, -0.2) is 19.9 Å². The fraction of sp³-hybridized carbons (Fsp3) is 0. The number of hydrogen-bond acceptors (Lipinski definition) is 6. The molecule has 8 aromatic heterocycles. The number of nitrogens with zero attached hydrogens (tertiary/aromatic N) is 8. The van der Waals surface area contributed by atoms with Crippen LogP contribution in [0.1, 0.15) is 0 Å². The Morgan fingerprint density at radius 2 is 0.517 bits per heavy atom. The van der Waals surface area contributed by atoms with Gasteiger partial charge in [-0.15, -0.1) is 11.3 Å². The molecule has 9 nitrogen and oxygen atoms in total. The number of para-hydroxylation sites is 11. The lowest BCUT2D eigenvalue weighted by Gasteiger charge is -2.15. The Morgan fingerprint density at radius 1 is 0.203 bits per heavy atom. The van der Waals surface area contributed by atoms with Gasteiger partial charge in [-0.3, -0.25) is 0 Å². The smallest absolute Gasteiger partial charge is 0.135 e. The predicted molar refractivity (Wildman–Crippen MR) is 493 cm³/mol. The average molecular weight is 1520 g/mol. The van der Waals surface area contributed by atoms with Crippen LogP contribution in [0.5, 0.6) is 0 Å². The van der Waals surface area contributed by atoms with Crippen molar-refractivity contribution in [1.82, 2.24) is 38.2 Å². The highest BCUT2D eigenvalue weighted by Gasteiger charge is 2.27. The van der Waals surface area contributed by atoms with Gasteiger partial charge in [-0.1, -0.05) is 249 Å². The van der Waals surface area contributed by atoms with Crippen LogP contribution in [0.15, 0.2) is 393 Å². The van der Waals surface area contributed by atoms with E-state index in [0.29, 0.717) is 0 Å². The summed E-state index contributed by atoms with van der Waals surface area (Å²) in [5.74, 6) is 0. The number of hydrogen-bond donors (Lipinski definition) is 0. The molecule has 0 aliphatic rings. The minimum Gasteiger partial charge on any atom is -0.456 e. The van der Waals surface area contributed by atoms with E-state index < -0.39 is 0 Å². The Bertz CT molecular complexity index is 8100. The van der Waals surface area contributed by atoms with E-state index >= 15 is 0 Å². The molecule has 0 bridgehead atoms. The normalized spacial score (nSPS) is 12.1.